The molecule has 0 aliphatic heterocycles. The van der Waals surface area contributed by atoms with E-state index in [9.17, 15) is 22.8 Å². The van der Waals surface area contributed by atoms with E-state index in [4.69, 9.17) is 11.6 Å². The molecule has 204 valence electrons. The number of hydrogen-bond donors (Lipinski definition) is 1. The summed E-state index contributed by atoms with van der Waals surface area (Å²) in [6.45, 7) is 4.36. The average Bonchev–Trinajstić information content (AvgIpc) is 3.17. The number of halogens is 4. The summed E-state index contributed by atoms with van der Waals surface area (Å²) in [5, 5.41) is 2.68. The van der Waals surface area contributed by atoms with E-state index in [1.165, 1.54) is 0 Å². The summed E-state index contributed by atoms with van der Waals surface area (Å²) in [7, 11) is 0. The summed E-state index contributed by atoms with van der Waals surface area (Å²) in [6, 6.07) is 10.3. The van der Waals surface area contributed by atoms with Crippen LogP contribution in [-0.2, 0) is 12.7 Å². The van der Waals surface area contributed by atoms with Crippen LogP contribution in [0.4, 0.5) is 13.2 Å². The van der Waals surface area contributed by atoms with Crippen LogP contribution >= 0.6 is 11.6 Å². The Balaban J connectivity index is 1.32. The van der Waals surface area contributed by atoms with Crippen molar-refractivity contribution in [1.29, 1.82) is 0 Å². The molecule has 1 saturated carbocycles. The van der Waals surface area contributed by atoms with E-state index >= 15 is 0 Å². The van der Waals surface area contributed by atoms with Crippen molar-refractivity contribution < 1.29 is 18.0 Å². The number of pyridine rings is 2. The number of carbonyl (C=O) groups excluding carboxylic acids is 1. The van der Waals surface area contributed by atoms with Gasteiger partial charge in [-0.2, -0.15) is 13.2 Å². The molecule has 5 rings (SSSR count). The van der Waals surface area contributed by atoms with Gasteiger partial charge in [0, 0.05) is 24.5 Å². The van der Waals surface area contributed by atoms with Gasteiger partial charge in [0.2, 0.25) is 0 Å². The first-order chi connectivity index (χ1) is 18.5. The summed E-state index contributed by atoms with van der Waals surface area (Å²) in [4.78, 5) is 34.1. The number of alkyl halides is 3. The molecule has 3 aromatic heterocycles. The van der Waals surface area contributed by atoms with Gasteiger partial charge in [0.05, 0.1) is 33.5 Å². The molecule has 7 nitrogen and oxygen atoms in total. The van der Waals surface area contributed by atoms with E-state index < -0.39 is 23.3 Å². The van der Waals surface area contributed by atoms with Crippen LogP contribution in [-0.4, -0.2) is 31.1 Å². The van der Waals surface area contributed by atoms with Crippen LogP contribution in [0.15, 0.2) is 53.6 Å². The van der Waals surface area contributed by atoms with Crippen molar-refractivity contribution in [3.8, 4) is 5.69 Å². The number of aryl methyl sites for hydroxylation is 2. The largest absolute Gasteiger partial charge is 0.434 e. The van der Waals surface area contributed by atoms with Crippen molar-refractivity contribution >= 4 is 28.5 Å². The van der Waals surface area contributed by atoms with E-state index in [0.717, 1.165) is 34.6 Å². The quantitative estimate of drug-likeness (QED) is 0.333. The van der Waals surface area contributed by atoms with Gasteiger partial charge in [-0.1, -0.05) is 23.7 Å². The standard InChI is InChI=1S/C28H27ClF3N5O2/c1-16-4-3-5-23-24(16)37(21-11-6-17(2)33-14-21)27(39)36(23)15-18-7-9-20(10-8-18)35-26(38)22-12-19(29)13-34-25(22)28(30,31)32/h3-6,11-14,18,20H,7-10,15H2,1-2H3,(H,35,38)/t18-,20-. The van der Waals surface area contributed by atoms with Crippen LogP contribution in [0.2, 0.25) is 5.02 Å². The zero-order valence-electron chi connectivity index (χ0n) is 21.4. The highest BCUT2D eigenvalue weighted by molar-refractivity contribution is 6.30. The van der Waals surface area contributed by atoms with Crippen molar-refractivity contribution in [2.75, 3.05) is 0 Å². The SMILES string of the molecule is Cc1ccc(-n2c(=O)n(C[C@H]3CC[C@H](NC(=O)c4cc(Cl)cnc4C(F)(F)F)CC3)c3cccc(C)c32)cn1. The van der Waals surface area contributed by atoms with Gasteiger partial charge in [-0.15, -0.1) is 0 Å². The molecule has 0 atom stereocenters. The van der Waals surface area contributed by atoms with Gasteiger partial charge in [-0.3, -0.25) is 18.9 Å². The molecule has 3 heterocycles. The number of rotatable bonds is 5. The summed E-state index contributed by atoms with van der Waals surface area (Å²) >= 11 is 5.82. The van der Waals surface area contributed by atoms with Crippen molar-refractivity contribution in [3.63, 3.8) is 0 Å². The Hall–Kier alpha value is -3.66. The third-order valence-electron chi connectivity index (χ3n) is 7.30. The second-order valence-corrected chi connectivity index (χ2v) is 10.5. The predicted molar refractivity (Wildman–Crippen MR) is 142 cm³/mol. The van der Waals surface area contributed by atoms with Gasteiger partial charge in [0.25, 0.3) is 5.91 Å². The molecule has 0 spiro atoms. The highest BCUT2D eigenvalue weighted by Crippen LogP contribution is 2.32. The van der Waals surface area contributed by atoms with Crippen LogP contribution in [0.5, 0.6) is 0 Å². The van der Waals surface area contributed by atoms with Crippen LogP contribution in [0, 0.1) is 19.8 Å². The Labute approximate surface area is 227 Å². The van der Waals surface area contributed by atoms with Gasteiger partial charge in [-0.05, 0) is 75.3 Å². The highest BCUT2D eigenvalue weighted by Gasteiger charge is 2.38. The van der Waals surface area contributed by atoms with Crippen molar-refractivity contribution in [2.45, 2.75) is 58.3 Å². The van der Waals surface area contributed by atoms with E-state index in [2.05, 4.69) is 15.3 Å². The maximum atomic E-state index is 13.6. The van der Waals surface area contributed by atoms with Crippen LogP contribution in [0.25, 0.3) is 16.7 Å². The molecule has 39 heavy (non-hydrogen) atoms. The molecule has 1 aliphatic carbocycles. The lowest BCUT2D eigenvalue weighted by Gasteiger charge is -2.29. The molecular weight excluding hydrogens is 531 g/mol. The molecule has 4 aromatic rings. The van der Waals surface area contributed by atoms with Gasteiger partial charge in [-0.25, -0.2) is 9.78 Å². The van der Waals surface area contributed by atoms with Crippen molar-refractivity contribution in [2.24, 2.45) is 5.92 Å². The summed E-state index contributed by atoms with van der Waals surface area (Å²) < 4.78 is 43.6. The van der Waals surface area contributed by atoms with Gasteiger partial charge in [0.1, 0.15) is 0 Å². The topological polar surface area (TPSA) is 81.8 Å². The lowest BCUT2D eigenvalue weighted by Crippen LogP contribution is -2.39. The number of aromatic nitrogens is 4. The lowest BCUT2D eigenvalue weighted by atomic mass is 9.85. The first-order valence-electron chi connectivity index (χ1n) is 12.7. The maximum Gasteiger partial charge on any atom is 0.434 e. The normalized spacial score (nSPS) is 17.9. The van der Waals surface area contributed by atoms with Crippen molar-refractivity contribution in [1.82, 2.24) is 24.4 Å². The zero-order valence-corrected chi connectivity index (χ0v) is 22.2. The van der Waals surface area contributed by atoms with Gasteiger partial charge in [0.15, 0.2) is 5.69 Å². The van der Waals surface area contributed by atoms with E-state index in [1.54, 1.807) is 15.3 Å². The van der Waals surface area contributed by atoms with Gasteiger partial charge >= 0.3 is 11.9 Å². The number of nitrogens with zero attached hydrogens (tertiary/aromatic N) is 4. The smallest absolute Gasteiger partial charge is 0.349 e. The molecule has 1 N–H and O–H groups in total. The summed E-state index contributed by atoms with van der Waals surface area (Å²) in [5.74, 6) is -0.674. The molecule has 1 aromatic carbocycles. The molecule has 1 aliphatic rings. The monoisotopic (exact) mass is 557 g/mol. The van der Waals surface area contributed by atoms with Gasteiger partial charge < -0.3 is 5.32 Å². The minimum Gasteiger partial charge on any atom is -0.349 e. The number of nitrogens with one attached hydrogen (secondary N) is 1. The van der Waals surface area contributed by atoms with E-state index in [1.807, 2.05) is 44.2 Å². The molecular formula is C28H27ClF3N5O2. The lowest BCUT2D eigenvalue weighted by molar-refractivity contribution is -0.141. The Kier molecular flexibility index (Phi) is 7.24. The minimum atomic E-state index is -4.77. The zero-order chi connectivity index (χ0) is 27.9. The highest BCUT2D eigenvalue weighted by atomic mass is 35.5. The van der Waals surface area contributed by atoms with Crippen LogP contribution in [0.3, 0.4) is 0 Å². The second-order valence-electron chi connectivity index (χ2n) is 10.1. The Morgan fingerprint density at radius 3 is 2.49 bits per heavy atom. The Morgan fingerprint density at radius 2 is 1.82 bits per heavy atom. The maximum absolute atomic E-state index is 13.6. The molecule has 1 amide bonds. The second kappa shape index (κ2) is 10.5. The molecule has 0 bridgehead atoms. The van der Waals surface area contributed by atoms with E-state index in [0.29, 0.717) is 37.9 Å². The molecule has 0 unspecified atom stereocenters. The molecule has 11 heteroatoms. The number of benzene rings is 1. The first kappa shape index (κ1) is 26.9. The summed E-state index contributed by atoms with van der Waals surface area (Å²) in [6.07, 6.45) is 0.390. The average molecular weight is 558 g/mol. The predicted octanol–water partition coefficient (Wildman–Crippen LogP) is 5.86. The number of fused-ring (bicyclic) bond motifs is 1. The molecule has 0 saturated heterocycles. The number of carbonyl (C=O) groups is 1. The minimum absolute atomic E-state index is 0.0434. The number of para-hydroxylation sites is 1. The molecule has 1 fully saturated rings. The molecule has 0 radical (unpaired) electrons. The number of imidazole rings is 1. The van der Waals surface area contributed by atoms with E-state index in [-0.39, 0.29) is 22.7 Å². The van der Waals surface area contributed by atoms with Crippen LogP contribution in [0.1, 0.15) is 53.0 Å². The fraction of sp³-hybridized carbons (Fsp3) is 0.357. The Bertz CT molecular complexity index is 1590. The fourth-order valence-electron chi connectivity index (χ4n) is 5.33. The fourth-order valence-corrected chi connectivity index (χ4v) is 5.49. The number of hydrogen-bond acceptors (Lipinski definition) is 4. The first-order valence-corrected chi connectivity index (χ1v) is 13.1. The summed E-state index contributed by atoms with van der Waals surface area (Å²) in [5.41, 5.74) is 2.22. The third kappa shape index (κ3) is 5.43. The van der Waals surface area contributed by atoms with Crippen molar-refractivity contribution in [3.05, 3.63) is 86.8 Å². The van der Waals surface area contributed by atoms with Crippen LogP contribution < -0.4 is 11.0 Å². The Morgan fingerprint density at radius 1 is 1.08 bits per heavy atom. The number of amides is 1. The third-order valence-corrected chi connectivity index (χ3v) is 7.50.